The van der Waals surface area contributed by atoms with Crippen LogP contribution in [0.25, 0.3) is 0 Å². The fraction of sp³-hybridized carbons (Fsp3) is 0.444. The summed E-state index contributed by atoms with van der Waals surface area (Å²) in [5.74, 6) is -0.123. The highest BCUT2D eigenvalue weighted by atomic mass is 35.5. The topological polar surface area (TPSA) is 29.1 Å². The fourth-order valence-electron chi connectivity index (χ4n) is 0.937. The molecule has 1 rings (SSSR count). The summed E-state index contributed by atoms with van der Waals surface area (Å²) >= 11 is 7.25. The zero-order valence-electron chi connectivity index (χ0n) is 7.58. The van der Waals surface area contributed by atoms with Crippen LogP contribution in [0.4, 0.5) is 0 Å². The Bertz CT molecular complexity index is 271. The van der Waals surface area contributed by atoms with E-state index in [0.29, 0.717) is 0 Å². The summed E-state index contributed by atoms with van der Waals surface area (Å²) in [6, 6.07) is 4.01. The second-order valence-corrected chi connectivity index (χ2v) is 4.50. The number of carbonyl (C=O) groups excluding carboxylic acids is 1. The van der Waals surface area contributed by atoms with Gasteiger partial charge in [-0.1, -0.05) is 6.07 Å². The molecule has 0 spiro atoms. The Morgan fingerprint density at radius 3 is 2.77 bits per heavy atom. The average Bonchev–Trinajstić information content (AvgIpc) is 2.55. The molecule has 2 nitrogen and oxygen atoms in total. The van der Waals surface area contributed by atoms with E-state index >= 15 is 0 Å². The van der Waals surface area contributed by atoms with Crippen LogP contribution in [0.1, 0.15) is 24.8 Å². The SMILES string of the molecule is CC(Cl)C(=O)NC(C)c1cccs1. The number of amides is 1. The smallest absolute Gasteiger partial charge is 0.238 e. The lowest BCUT2D eigenvalue weighted by atomic mass is 10.2. The van der Waals surface area contributed by atoms with Crippen molar-refractivity contribution in [1.82, 2.24) is 5.32 Å². The molecule has 1 N–H and O–H groups in total. The van der Waals surface area contributed by atoms with Crippen LogP contribution in [-0.2, 0) is 4.79 Å². The monoisotopic (exact) mass is 217 g/mol. The van der Waals surface area contributed by atoms with Gasteiger partial charge >= 0.3 is 0 Å². The number of alkyl halides is 1. The Labute approximate surface area is 86.9 Å². The standard InChI is InChI=1S/C9H12ClNOS/c1-6(10)9(12)11-7(2)8-4-3-5-13-8/h3-7H,1-2H3,(H,11,12). The maximum Gasteiger partial charge on any atom is 0.238 e. The molecule has 1 aromatic rings. The van der Waals surface area contributed by atoms with E-state index in [0.717, 1.165) is 4.88 Å². The summed E-state index contributed by atoms with van der Waals surface area (Å²) in [6.45, 7) is 3.61. The molecule has 0 radical (unpaired) electrons. The van der Waals surface area contributed by atoms with Crippen molar-refractivity contribution >= 4 is 28.8 Å². The molecule has 2 unspecified atom stereocenters. The Kier molecular flexibility index (Phi) is 3.75. The highest BCUT2D eigenvalue weighted by molar-refractivity contribution is 7.10. The van der Waals surface area contributed by atoms with Crippen LogP contribution in [0.5, 0.6) is 0 Å². The minimum Gasteiger partial charge on any atom is -0.347 e. The van der Waals surface area contributed by atoms with Gasteiger partial charge in [-0.25, -0.2) is 0 Å². The quantitative estimate of drug-likeness (QED) is 0.775. The van der Waals surface area contributed by atoms with Crippen molar-refractivity contribution in [2.24, 2.45) is 0 Å². The molecule has 13 heavy (non-hydrogen) atoms. The summed E-state index contributed by atoms with van der Waals surface area (Å²) in [5.41, 5.74) is 0. The predicted molar refractivity (Wildman–Crippen MR) is 56.2 cm³/mol. The lowest BCUT2D eigenvalue weighted by molar-refractivity contribution is -0.121. The highest BCUT2D eigenvalue weighted by Gasteiger charge is 2.13. The summed E-state index contributed by atoms with van der Waals surface area (Å²) in [6.07, 6.45) is 0. The molecule has 0 aliphatic carbocycles. The van der Waals surface area contributed by atoms with Gasteiger partial charge in [-0.15, -0.1) is 22.9 Å². The van der Waals surface area contributed by atoms with E-state index < -0.39 is 5.38 Å². The fourth-order valence-corrected chi connectivity index (χ4v) is 1.73. The van der Waals surface area contributed by atoms with Crippen LogP contribution in [0.2, 0.25) is 0 Å². The Morgan fingerprint density at radius 1 is 1.62 bits per heavy atom. The highest BCUT2D eigenvalue weighted by Crippen LogP contribution is 2.18. The largest absolute Gasteiger partial charge is 0.347 e. The van der Waals surface area contributed by atoms with Crippen LogP contribution in [0.15, 0.2) is 17.5 Å². The normalized spacial score (nSPS) is 15.0. The van der Waals surface area contributed by atoms with E-state index in [1.165, 1.54) is 0 Å². The summed E-state index contributed by atoms with van der Waals surface area (Å²) in [7, 11) is 0. The molecule has 0 bridgehead atoms. The van der Waals surface area contributed by atoms with Crippen molar-refractivity contribution in [2.75, 3.05) is 0 Å². The van der Waals surface area contributed by atoms with Crippen molar-refractivity contribution in [3.63, 3.8) is 0 Å². The van der Waals surface area contributed by atoms with Gasteiger partial charge in [0.25, 0.3) is 0 Å². The van der Waals surface area contributed by atoms with Gasteiger partial charge in [0.05, 0.1) is 6.04 Å². The van der Waals surface area contributed by atoms with Crippen molar-refractivity contribution in [2.45, 2.75) is 25.3 Å². The summed E-state index contributed by atoms with van der Waals surface area (Å²) < 4.78 is 0. The molecule has 0 aliphatic rings. The van der Waals surface area contributed by atoms with Crippen LogP contribution in [-0.4, -0.2) is 11.3 Å². The number of carbonyl (C=O) groups is 1. The van der Waals surface area contributed by atoms with Crippen molar-refractivity contribution in [1.29, 1.82) is 0 Å². The van der Waals surface area contributed by atoms with Crippen LogP contribution < -0.4 is 5.32 Å². The molecule has 72 valence electrons. The summed E-state index contributed by atoms with van der Waals surface area (Å²) in [5, 5.41) is 4.34. The van der Waals surface area contributed by atoms with Crippen molar-refractivity contribution < 1.29 is 4.79 Å². The molecule has 1 heterocycles. The van der Waals surface area contributed by atoms with E-state index in [4.69, 9.17) is 11.6 Å². The molecule has 1 aromatic heterocycles. The second-order valence-electron chi connectivity index (χ2n) is 2.86. The third-order valence-electron chi connectivity index (χ3n) is 1.69. The first-order chi connectivity index (χ1) is 6.11. The maximum atomic E-state index is 11.2. The number of hydrogen-bond acceptors (Lipinski definition) is 2. The van der Waals surface area contributed by atoms with Gasteiger partial charge in [0.2, 0.25) is 5.91 Å². The number of hydrogen-bond donors (Lipinski definition) is 1. The van der Waals surface area contributed by atoms with E-state index in [2.05, 4.69) is 5.32 Å². The van der Waals surface area contributed by atoms with Gasteiger partial charge < -0.3 is 5.32 Å². The van der Waals surface area contributed by atoms with Gasteiger partial charge in [-0.05, 0) is 25.3 Å². The van der Waals surface area contributed by atoms with Crippen molar-refractivity contribution in [3.8, 4) is 0 Å². The average molecular weight is 218 g/mol. The van der Waals surface area contributed by atoms with Crippen LogP contribution in [0, 0.1) is 0 Å². The van der Waals surface area contributed by atoms with E-state index in [9.17, 15) is 4.79 Å². The second kappa shape index (κ2) is 4.63. The van der Waals surface area contributed by atoms with Gasteiger partial charge in [0, 0.05) is 4.88 Å². The molecule has 0 aromatic carbocycles. The number of rotatable bonds is 3. The molecule has 0 fully saturated rings. The van der Waals surface area contributed by atoms with Crippen LogP contribution >= 0.6 is 22.9 Å². The Morgan fingerprint density at radius 2 is 2.31 bits per heavy atom. The Hall–Kier alpha value is -0.540. The first kappa shape index (κ1) is 10.5. The van der Waals surface area contributed by atoms with Gasteiger partial charge in [-0.3, -0.25) is 4.79 Å². The lowest BCUT2D eigenvalue weighted by Crippen LogP contribution is -2.31. The molecule has 2 atom stereocenters. The van der Waals surface area contributed by atoms with E-state index in [1.54, 1.807) is 18.3 Å². The number of halogens is 1. The number of nitrogens with one attached hydrogen (secondary N) is 1. The first-order valence-electron chi connectivity index (χ1n) is 4.09. The number of thiophene rings is 1. The van der Waals surface area contributed by atoms with Gasteiger partial charge in [-0.2, -0.15) is 0 Å². The third-order valence-corrected chi connectivity index (χ3v) is 2.94. The predicted octanol–water partition coefficient (Wildman–Crippen LogP) is 2.55. The van der Waals surface area contributed by atoms with E-state index in [-0.39, 0.29) is 11.9 Å². The third kappa shape index (κ3) is 3.01. The lowest BCUT2D eigenvalue weighted by Gasteiger charge is -2.12. The van der Waals surface area contributed by atoms with Gasteiger partial charge in [0.15, 0.2) is 0 Å². The molecular formula is C9H12ClNOS. The molecule has 0 saturated heterocycles. The zero-order chi connectivity index (χ0) is 9.84. The minimum atomic E-state index is -0.470. The van der Waals surface area contributed by atoms with Gasteiger partial charge in [0.1, 0.15) is 5.38 Å². The first-order valence-corrected chi connectivity index (χ1v) is 5.40. The van der Waals surface area contributed by atoms with Crippen molar-refractivity contribution in [3.05, 3.63) is 22.4 Å². The maximum absolute atomic E-state index is 11.2. The summed E-state index contributed by atoms with van der Waals surface area (Å²) in [4.78, 5) is 12.4. The van der Waals surface area contributed by atoms with E-state index in [1.807, 2.05) is 24.4 Å². The molecule has 1 amide bonds. The minimum absolute atomic E-state index is 0.0497. The Balaban J connectivity index is 2.51. The molecule has 0 saturated carbocycles. The molecule has 4 heteroatoms. The molecular weight excluding hydrogens is 206 g/mol. The molecule has 0 aliphatic heterocycles. The zero-order valence-corrected chi connectivity index (χ0v) is 9.15. The van der Waals surface area contributed by atoms with Crippen LogP contribution in [0.3, 0.4) is 0 Å².